The molecule has 0 aliphatic carbocycles. The zero-order valence-corrected chi connectivity index (χ0v) is 10.4. The number of nitrogen functional groups attached to an aromatic ring is 1. The van der Waals surface area contributed by atoms with Crippen molar-refractivity contribution >= 4 is 15.7 Å². The summed E-state index contributed by atoms with van der Waals surface area (Å²) in [5, 5.41) is 9.41. The van der Waals surface area contributed by atoms with E-state index in [0.29, 0.717) is 0 Å². The van der Waals surface area contributed by atoms with Crippen molar-refractivity contribution in [3.05, 3.63) is 24.0 Å². The van der Waals surface area contributed by atoms with E-state index in [2.05, 4.69) is 4.72 Å². The number of benzene rings is 1. The minimum Gasteiger partial charge on any atom is -0.399 e. The molecular formula is C10H15FN2O3S. The Morgan fingerprint density at radius 2 is 2.06 bits per heavy atom. The second-order valence-electron chi connectivity index (χ2n) is 4.33. The van der Waals surface area contributed by atoms with Crippen LogP contribution in [0.2, 0.25) is 0 Å². The monoisotopic (exact) mass is 262 g/mol. The number of hydrogen-bond donors (Lipinski definition) is 3. The fourth-order valence-corrected chi connectivity index (χ4v) is 2.39. The van der Waals surface area contributed by atoms with Crippen molar-refractivity contribution in [2.75, 3.05) is 12.3 Å². The maximum Gasteiger partial charge on any atom is 0.243 e. The van der Waals surface area contributed by atoms with Crippen LogP contribution in [0.15, 0.2) is 23.1 Å². The summed E-state index contributed by atoms with van der Waals surface area (Å²) in [6.45, 7) is 2.65. The van der Waals surface area contributed by atoms with Crippen LogP contribution in [0.5, 0.6) is 0 Å². The molecule has 4 N–H and O–H groups in total. The zero-order valence-electron chi connectivity index (χ0n) is 9.57. The van der Waals surface area contributed by atoms with Crippen LogP contribution in [-0.2, 0) is 10.0 Å². The first kappa shape index (κ1) is 13.9. The van der Waals surface area contributed by atoms with Crippen LogP contribution in [0.4, 0.5) is 10.1 Å². The molecule has 1 rings (SSSR count). The number of anilines is 1. The molecule has 0 aliphatic rings. The van der Waals surface area contributed by atoms with Crippen LogP contribution in [0.25, 0.3) is 0 Å². The number of halogens is 1. The van der Waals surface area contributed by atoms with E-state index in [9.17, 15) is 17.9 Å². The van der Waals surface area contributed by atoms with Gasteiger partial charge in [-0.2, -0.15) is 0 Å². The third-order valence-corrected chi connectivity index (χ3v) is 3.36. The van der Waals surface area contributed by atoms with E-state index in [1.54, 1.807) is 0 Å². The highest BCUT2D eigenvalue weighted by Gasteiger charge is 2.22. The van der Waals surface area contributed by atoms with Crippen molar-refractivity contribution in [3.8, 4) is 0 Å². The molecule has 7 heteroatoms. The topological polar surface area (TPSA) is 92.4 Å². The molecule has 17 heavy (non-hydrogen) atoms. The van der Waals surface area contributed by atoms with Gasteiger partial charge in [0.05, 0.1) is 5.60 Å². The van der Waals surface area contributed by atoms with Gasteiger partial charge in [-0.25, -0.2) is 17.5 Å². The predicted molar refractivity (Wildman–Crippen MR) is 62.3 cm³/mol. The number of sulfonamides is 1. The van der Waals surface area contributed by atoms with Crippen LogP contribution in [0.3, 0.4) is 0 Å². The number of aliphatic hydroxyl groups is 1. The van der Waals surface area contributed by atoms with Crippen LogP contribution >= 0.6 is 0 Å². The fraction of sp³-hybridized carbons (Fsp3) is 0.400. The average molecular weight is 262 g/mol. The Balaban J connectivity index is 3.02. The zero-order chi connectivity index (χ0) is 13.3. The van der Waals surface area contributed by atoms with E-state index in [-0.39, 0.29) is 12.2 Å². The molecule has 1 aromatic rings. The molecule has 0 bridgehead atoms. The smallest absolute Gasteiger partial charge is 0.243 e. The molecule has 5 nitrogen and oxygen atoms in total. The van der Waals surface area contributed by atoms with Gasteiger partial charge in [-0.05, 0) is 32.0 Å². The number of rotatable bonds is 4. The number of hydrogen-bond acceptors (Lipinski definition) is 4. The Morgan fingerprint density at radius 1 is 1.47 bits per heavy atom. The summed E-state index contributed by atoms with van der Waals surface area (Å²) >= 11 is 0. The number of nitrogens with one attached hydrogen (secondary N) is 1. The first-order chi connectivity index (χ1) is 7.62. The highest BCUT2D eigenvalue weighted by Crippen LogP contribution is 2.17. The highest BCUT2D eigenvalue weighted by atomic mass is 32.2. The SMILES string of the molecule is CC(C)(O)CNS(=O)(=O)c1cc(N)ccc1F. The van der Waals surface area contributed by atoms with Crippen molar-refractivity contribution in [3.63, 3.8) is 0 Å². The molecule has 0 aromatic heterocycles. The first-order valence-electron chi connectivity index (χ1n) is 4.89. The Hall–Kier alpha value is -1.18. The van der Waals surface area contributed by atoms with E-state index in [1.165, 1.54) is 19.9 Å². The lowest BCUT2D eigenvalue weighted by Gasteiger charge is -2.17. The van der Waals surface area contributed by atoms with Crippen LogP contribution < -0.4 is 10.5 Å². The van der Waals surface area contributed by atoms with Crippen molar-refractivity contribution in [2.45, 2.75) is 24.3 Å². The van der Waals surface area contributed by atoms with Gasteiger partial charge in [-0.15, -0.1) is 0 Å². The fourth-order valence-electron chi connectivity index (χ4n) is 1.08. The van der Waals surface area contributed by atoms with Crippen LogP contribution in [0.1, 0.15) is 13.8 Å². The summed E-state index contributed by atoms with van der Waals surface area (Å²) in [7, 11) is -4.01. The minimum atomic E-state index is -4.01. The first-order valence-corrected chi connectivity index (χ1v) is 6.37. The van der Waals surface area contributed by atoms with Crippen LogP contribution in [-0.4, -0.2) is 25.7 Å². The van der Waals surface area contributed by atoms with E-state index in [4.69, 9.17) is 5.73 Å². The molecule has 96 valence electrons. The Kier molecular flexibility index (Phi) is 3.75. The lowest BCUT2D eigenvalue weighted by atomic mass is 10.1. The van der Waals surface area contributed by atoms with Gasteiger partial charge in [0, 0.05) is 12.2 Å². The average Bonchev–Trinajstić information content (AvgIpc) is 2.18. The summed E-state index contributed by atoms with van der Waals surface area (Å²) in [4.78, 5) is -0.526. The van der Waals surface area contributed by atoms with Gasteiger partial charge in [0.25, 0.3) is 0 Å². The van der Waals surface area contributed by atoms with Gasteiger partial charge in [0.2, 0.25) is 10.0 Å². The normalized spacial score (nSPS) is 12.7. The predicted octanol–water partition coefficient (Wildman–Crippen LogP) is 0.457. The molecule has 1 aromatic carbocycles. The van der Waals surface area contributed by atoms with Crippen molar-refractivity contribution in [2.24, 2.45) is 0 Å². The maximum atomic E-state index is 13.3. The molecule has 0 atom stereocenters. The quantitative estimate of drug-likeness (QED) is 0.687. The summed E-state index contributed by atoms with van der Waals surface area (Å²) in [6, 6.07) is 3.28. The summed E-state index contributed by atoms with van der Waals surface area (Å²) in [5.41, 5.74) is 4.33. The molecule has 0 heterocycles. The van der Waals surface area contributed by atoms with Gasteiger partial charge in [0.1, 0.15) is 10.7 Å². The van der Waals surface area contributed by atoms with Crippen molar-refractivity contribution in [1.82, 2.24) is 4.72 Å². The third kappa shape index (κ3) is 3.95. The van der Waals surface area contributed by atoms with Gasteiger partial charge in [-0.1, -0.05) is 0 Å². The largest absolute Gasteiger partial charge is 0.399 e. The molecule has 0 radical (unpaired) electrons. The lowest BCUT2D eigenvalue weighted by Crippen LogP contribution is -2.38. The Bertz CT molecular complexity index is 509. The van der Waals surface area contributed by atoms with Gasteiger partial charge >= 0.3 is 0 Å². The minimum absolute atomic E-state index is 0.148. The Morgan fingerprint density at radius 3 is 2.59 bits per heavy atom. The van der Waals surface area contributed by atoms with E-state index >= 15 is 0 Å². The summed E-state index contributed by atoms with van der Waals surface area (Å²) < 4.78 is 38.9. The summed E-state index contributed by atoms with van der Waals surface area (Å²) in [6.07, 6.45) is 0. The van der Waals surface area contributed by atoms with Gasteiger partial charge in [-0.3, -0.25) is 0 Å². The molecule has 0 aliphatic heterocycles. The second-order valence-corrected chi connectivity index (χ2v) is 6.06. The van der Waals surface area contributed by atoms with Crippen LogP contribution in [0, 0.1) is 5.82 Å². The van der Waals surface area contributed by atoms with E-state index in [0.717, 1.165) is 12.1 Å². The molecule has 0 spiro atoms. The maximum absolute atomic E-state index is 13.3. The van der Waals surface area contributed by atoms with E-state index < -0.39 is 26.3 Å². The molecule has 0 amide bonds. The molecule has 0 fully saturated rings. The van der Waals surface area contributed by atoms with Crippen molar-refractivity contribution < 1.29 is 17.9 Å². The third-order valence-electron chi connectivity index (χ3n) is 1.94. The summed E-state index contributed by atoms with van der Waals surface area (Å²) in [5.74, 6) is -0.887. The van der Waals surface area contributed by atoms with Gasteiger partial charge < -0.3 is 10.8 Å². The molecule has 0 unspecified atom stereocenters. The standard InChI is InChI=1S/C10H15FN2O3S/c1-10(2,14)6-13-17(15,16)9-5-7(12)3-4-8(9)11/h3-5,13-14H,6,12H2,1-2H3. The lowest BCUT2D eigenvalue weighted by molar-refractivity contribution is 0.0857. The van der Waals surface area contributed by atoms with Crippen molar-refractivity contribution in [1.29, 1.82) is 0 Å². The van der Waals surface area contributed by atoms with Gasteiger partial charge in [0.15, 0.2) is 0 Å². The second kappa shape index (κ2) is 4.59. The highest BCUT2D eigenvalue weighted by molar-refractivity contribution is 7.89. The number of nitrogens with two attached hydrogens (primary N) is 1. The molecular weight excluding hydrogens is 247 g/mol. The Labute approximate surface area is 99.5 Å². The molecule has 0 saturated carbocycles. The van der Waals surface area contributed by atoms with E-state index in [1.807, 2.05) is 0 Å². The molecule has 0 saturated heterocycles.